The summed E-state index contributed by atoms with van der Waals surface area (Å²) < 4.78 is 10.2. The second-order valence-electron chi connectivity index (χ2n) is 9.32. The molecule has 0 spiro atoms. The Labute approximate surface area is 199 Å². The molecule has 1 heterocycles. The van der Waals surface area contributed by atoms with Crippen molar-refractivity contribution in [3.05, 3.63) is 41.9 Å². The summed E-state index contributed by atoms with van der Waals surface area (Å²) in [5, 5.41) is 12.2. The molecule has 1 amide bonds. The fraction of sp³-hybridized carbons (Fsp3) is 0.480. The normalized spacial score (nSPS) is 12.2. The third-order valence-electron chi connectivity index (χ3n) is 4.57. The maximum absolute atomic E-state index is 12.4. The highest BCUT2D eigenvalue weighted by molar-refractivity contribution is 5.94. The molecule has 1 unspecified atom stereocenters. The van der Waals surface area contributed by atoms with Crippen LogP contribution in [0.3, 0.4) is 0 Å². The van der Waals surface area contributed by atoms with Crippen molar-refractivity contribution in [2.24, 2.45) is 11.8 Å². The van der Waals surface area contributed by atoms with E-state index in [4.69, 9.17) is 9.47 Å². The lowest BCUT2D eigenvalue weighted by molar-refractivity contribution is -0.158. The molecule has 184 valence electrons. The highest BCUT2D eigenvalue weighted by Gasteiger charge is 2.29. The molecule has 0 aliphatic carbocycles. The molecule has 9 heteroatoms. The second-order valence-corrected chi connectivity index (χ2v) is 9.32. The van der Waals surface area contributed by atoms with Gasteiger partial charge in [-0.15, -0.1) is 0 Å². The standard InChI is InChI=1S/C25H33N3O6/c1-7-33-23(31)18(22(29)30)13-20-26-14-19(27-24(32)34-25(4,5)6)21(28-20)17-10-8-9-16(12-17)11-15(2)3/h8-10,12,14-15,18H,7,11,13H2,1-6H3,(H,27,32)(H,29,30). The van der Waals surface area contributed by atoms with Crippen LogP contribution in [0, 0.1) is 11.8 Å². The van der Waals surface area contributed by atoms with Crippen LogP contribution in [-0.2, 0) is 31.9 Å². The largest absolute Gasteiger partial charge is 0.481 e. The first-order valence-electron chi connectivity index (χ1n) is 11.2. The number of amides is 1. The van der Waals surface area contributed by atoms with E-state index < -0.39 is 29.6 Å². The van der Waals surface area contributed by atoms with Crippen molar-refractivity contribution in [3.8, 4) is 11.3 Å². The van der Waals surface area contributed by atoms with Crippen LogP contribution in [0.4, 0.5) is 10.5 Å². The lowest BCUT2D eigenvalue weighted by Gasteiger charge is -2.20. The molecule has 0 radical (unpaired) electrons. The molecule has 0 saturated heterocycles. The van der Waals surface area contributed by atoms with E-state index in [1.165, 1.54) is 6.20 Å². The van der Waals surface area contributed by atoms with E-state index in [1.807, 2.05) is 24.3 Å². The SMILES string of the molecule is CCOC(=O)C(Cc1ncc(NC(=O)OC(C)(C)C)c(-c2cccc(CC(C)C)c2)n1)C(=O)O. The van der Waals surface area contributed by atoms with Crippen molar-refractivity contribution in [2.75, 3.05) is 11.9 Å². The van der Waals surface area contributed by atoms with Gasteiger partial charge in [-0.05, 0) is 51.7 Å². The summed E-state index contributed by atoms with van der Waals surface area (Å²) >= 11 is 0. The van der Waals surface area contributed by atoms with E-state index in [9.17, 15) is 19.5 Å². The number of benzene rings is 1. The Bertz CT molecular complexity index is 1030. The molecule has 2 aromatic rings. The van der Waals surface area contributed by atoms with Crippen molar-refractivity contribution in [2.45, 2.75) is 60.0 Å². The summed E-state index contributed by atoms with van der Waals surface area (Å²) in [6.45, 7) is 11.2. The van der Waals surface area contributed by atoms with Gasteiger partial charge in [-0.3, -0.25) is 14.9 Å². The monoisotopic (exact) mass is 471 g/mol. The Kier molecular flexibility index (Phi) is 9.11. The topological polar surface area (TPSA) is 128 Å². The molecule has 0 aliphatic heterocycles. The molecule has 0 saturated carbocycles. The van der Waals surface area contributed by atoms with E-state index in [-0.39, 0.29) is 18.9 Å². The minimum Gasteiger partial charge on any atom is -0.481 e. The predicted molar refractivity (Wildman–Crippen MR) is 127 cm³/mol. The summed E-state index contributed by atoms with van der Waals surface area (Å²) in [7, 11) is 0. The van der Waals surface area contributed by atoms with Crippen LogP contribution in [0.1, 0.15) is 52.9 Å². The van der Waals surface area contributed by atoms with Crippen molar-refractivity contribution >= 4 is 23.7 Å². The van der Waals surface area contributed by atoms with Gasteiger partial charge in [0.1, 0.15) is 11.4 Å². The smallest absolute Gasteiger partial charge is 0.412 e. The predicted octanol–water partition coefficient (Wildman–Crippen LogP) is 4.50. The fourth-order valence-electron chi connectivity index (χ4n) is 3.26. The number of nitrogens with one attached hydrogen (secondary N) is 1. The Hall–Kier alpha value is -3.49. The number of hydrogen-bond acceptors (Lipinski definition) is 7. The number of hydrogen-bond donors (Lipinski definition) is 2. The van der Waals surface area contributed by atoms with E-state index in [0.717, 1.165) is 17.5 Å². The summed E-state index contributed by atoms with van der Waals surface area (Å²) in [4.78, 5) is 44.9. The van der Waals surface area contributed by atoms with Gasteiger partial charge in [0.05, 0.1) is 24.2 Å². The Balaban J connectivity index is 2.48. The summed E-state index contributed by atoms with van der Waals surface area (Å²) in [6, 6.07) is 7.71. The molecule has 1 aromatic carbocycles. The number of esters is 1. The second kappa shape index (κ2) is 11.6. The maximum atomic E-state index is 12.4. The highest BCUT2D eigenvalue weighted by Crippen LogP contribution is 2.28. The molecule has 1 atom stereocenters. The number of aliphatic carboxylic acids is 1. The number of rotatable bonds is 9. The van der Waals surface area contributed by atoms with Crippen LogP contribution in [0.15, 0.2) is 30.5 Å². The van der Waals surface area contributed by atoms with E-state index >= 15 is 0 Å². The van der Waals surface area contributed by atoms with E-state index in [0.29, 0.717) is 17.3 Å². The molecule has 34 heavy (non-hydrogen) atoms. The number of aromatic nitrogens is 2. The van der Waals surface area contributed by atoms with Crippen LogP contribution >= 0.6 is 0 Å². The van der Waals surface area contributed by atoms with Crippen LogP contribution in [0.2, 0.25) is 0 Å². The van der Waals surface area contributed by atoms with Gasteiger partial charge in [0, 0.05) is 12.0 Å². The van der Waals surface area contributed by atoms with Crippen molar-refractivity contribution in [1.82, 2.24) is 9.97 Å². The fourth-order valence-corrected chi connectivity index (χ4v) is 3.26. The zero-order chi connectivity index (χ0) is 25.5. The minimum absolute atomic E-state index is 0.0656. The third kappa shape index (κ3) is 8.13. The third-order valence-corrected chi connectivity index (χ3v) is 4.57. The van der Waals surface area contributed by atoms with Gasteiger partial charge in [-0.1, -0.05) is 32.0 Å². The molecule has 0 bridgehead atoms. The average Bonchev–Trinajstić information content (AvgIpc) is 2.71. The van der Waals surface area contributed by atoms with E-state index in [2.05, 4.69) is 29.1 Å². The average molecular weight is 472 g/mol. The van der Waals surface area contributed by atoms with Gasteiger partial charge >= 0.3 is 18.0 Å². The number of carboxylic acid groups (broad SMARTS) is 1. The van der Waals surface area contributed by atoms with Gasteiger partial charge in [0.2, 0.25) is 0 Å². The van der Waals surface area contributed by atoms with Crippen LogP contribution in [-0.4, -0.2) is 45.3 Å². The van der Waals surface area contributed by atoms with Crippen molar-refractivity contribution < 1.29 is 29.0 Å². The zero-order valence-corrected chi connectivity index (χ0v) is 20.5. The van der Waals surface area contributed by atoms with Crippen LogP contribution in [0.5, 0.6) is 0 Å². The van der Waals surface area contributed by atoms with Gasteiger partial charge in [-0.25, -0.2) is 14.8 Å². The van der Waals surface area contributed by atoms with Crippen LogP contribution < -0.4 is 5.32 Å². The number of nitrogens with zero attached hydrogens (tertiary/aromatic N) is 2. The Morgan fingerprint density at radius 3 is 2.44 bits per heavy atom. The summed E-state index contributed by atoms with van der Waals surface area (Å²) in [5.74, 6) is -3.03. The Morgan fingerprint density at radius 2 is 1.85 bits per heavy atom. The summed E-state index contributed by atoms with van der Waals surface area (Å²) in [6.07, 6.45) is 1.32. The van der Waals surface area contributed by atoms with Crippen molar-refractivity contribution in [3.63, 3.8) is 0 Å². The first-order chi connectivity index (χ1) is 15.9. The number of anilines is 1. The molecular formula is C25H33N3O6. The first kappa shape index (κ1) is 26.8. The van der Waals surface area contributed by atoms with Gasteiger partial charge in [0.25, 0.3) is 0 Å². The molecule has 0 aliphatic rings. The zero-order valence-electron chi connectivity index (χ0n) is 20.5. The number of carbonyl (C=O) groups excluding carboxylic acids is 2. The number of carbonyl (C=O) groups is 3. The molecule has 2 rings (SSSR count). The number of carboxylic acids is 1. The first-order valence-corrected chi connectivity index (χ1v) is 11.2. The molecule has 1 aromatic heterocycles. The maximum Gasteiger partial charge on any atom is 0.412 e. The molecule has 0 fully saturated rings. The summed E-state index contributed by atoms with van der Waals surface area (Å²) in [5.41, 5.74) is 1.81. The lowest BCUT2D eigenvalue weighted by Crippen LogP contribution is -2.29. The molecule has 9 nitrogen and oxygen atoms in total. The Morgan fingerprint density at radius 1 is 1.15 bits per heavy atom. The quantitative estimate of drug-likeness (QED) is 0.404. The lowest BCUT2D eigenvalue weighted by atomic mass is 9.99. The van der Waals surface area contributed by atoms with Crippen LogP contribution in [0.25, 0.3) is 11.3 Å². The van der Waals surface area contributed by atoms with E-state index in [1.54, 1.807) is 27.7 Å². The highest BCUT2D eigenvalue weighted by atomic mass is 16.6. The molecule has 2 N–H and O–H groups in total. The van der Waals surface area contributed by atoms with Crippen molar-refractivity contribution in [1.29, 1.82) is 0 Å². The van der Waals surface area contributed by atoms with Gasteiger partial charge in [-0.2, -0.15) is 0 Å². The van der Waals surface area contributed by atoms with Gasteiger partial charge in [0.15, 0.2) is 5.92 Å². The molecular weight excluding hydrogens is 438 g/mol. The minimum atomic E-state index is -1.44. The number of ether oxygens (including phenoxy) is 2. The van der Waals surface area contributed by atoms with Gasteiger partial charge < -0.3 is 14.6 Å².